The molecule has 0 amide bonds. The molecule has 0 saturated carbocycles. The zero-order valence-electron chi connectivity index (χ0n) is 8.85. The van der Waals surface area contributed by atoms with Gasteiger partial charge >= 0.3 is 0 Å². The third-order valence-electron chi connectivity index (χ3n) is 2.65. The van der Waals surface area contributed by atoms with Gasteiger partial charge in [0, 0.05) is 0 Å². The highest BCUT2D eigenvalue weighted by molar-refractivity contribution is 5.13. The summed E-state index contributed by atoms with van der Waals surface area (Å²) in [5, 5.41) is 9.88. The van der Waals surface area contributed by atoms with Crippen molar-refractivity contribution in [3.05, 3.63) is 35.9 Å². The monoisotopic (exact) mass is 208 g/mol. The first-order chi connectivity index (χ1) is 7.18. The van der Waals surface area contributed by atoms with E-state index in [4.69, 9.17) is 9.47 Å². The first kappa shape index (κ1) is 10.6. The summed E-state index contributed by atoms with van der Waals surface area (Å²) in [6.07, 6.45) is -0.224. The van der Waals surface area contributed by atoms with E-state index in [1.165, 1.54) is 0 Å². The highest BCUT2D eigenvalue weighted by atomic mass is 16.6. The van der Waals surface area contributed by atoms with Crippen LogP contribution in [0, 0.1) is 0 Å². The molecule has 0 radical (unpaired) electrons. The minimum absolute atomic E-state index is 0.224. The molecule has 82 valence electrons. The second-order valence-electron chi connectivity index (χ2n) is 4.16. The molecule has 3 heteroatoms. The minimum atomic E-state index is -0.852. The predicted molar refractivity (Wildman–Crippen MR) is 56.5 cm³/mol. The number of hydrogen-bond donors (Lipinski definition) is 1. The van der Waals surface area contributed by atoms with Crippen molar-refractivity contribution in [2.45, 2.75) is 25.2 Å². The van der Waals surface area contributed by atoms with E-state index in [0.717, 1.165) is 5.56 Å². The zero-order chi connectivity index (χ0) is 10.7. The Labute approximate surface area is 89.6 Å². The SMILES string of the molecule is CC1(O)COCC1OCc1ccccc1. The van der Waals surface area contributed by atoms with Crippen LogP contribution in [0.3, 0.4) is 0 Å². The average Bonchev–Trinajstić information content (AvgIpc) is 2.56. The molecule has 1 aromatic carbocycles. The summed E-state index contributed by atoms with van der Waals surface area (Å²) in [5.41, 5.74) is 0.259. The topological polar surface area (TPSA) is 38.7 Å². The van der Waals surface area contributed by atoms with Crippen LogP contribution in [-0.2, 0) is 16.1 Å². The second kappa shape index (κ2) is 4.31. The Bertz CT molecular complexity index is 308. The van der Waals surface area contributed by atoms with Crippen molar-refractivity contribution >= 4 is 0 Å². The van der Waals surface area contributed by atoms with E-state index in [1.54, 1.807) is 6.92 Å². The maximum atomic E-state index is 9.88. The average molecular weight is 208 g/mol. The van der Waals surface area contributed by atoms with E-state index in [1.807, 2.05) is 30.3 Å². The summed E-state index contributed by atoms with van der Waals surface area (Å²) >= 11 is 0. The van der Waals surface area contributed by atoms with Crippen LogP contribution in [0.5, 0.6) is 0 Å². The molecule has 1 aromatic rings. The van der Waals surface area contributed by atoms with Crippen LogP contribution in [0.4, 0.5) is 0 Å². The Hall–Kier alpha value is -0.900. The van der Waals surface area contributed by atoms with Gasteiger partial charge in [0.1, 0.15) is 11.7 Å². The lowest BCUT2D eigenvalue weighted by Crippen LogP contribution is -2.39. The molecular weight excluding hydrogens is 192 g/mol. The number of aliphatic hydroxyl groups is 1. The Morgan fingerprint density at radius 3 is 2.80 bits per heavy atom. The molecule has 0 spiro atoms. The molecule has 1 N–H and O–H groups in total. The lowest BCUT2D eigenvalue weighted by atomic mass is 10.0. The molecule has 0 bridgehead atoms. The van der Waals surface area contributed by atoms with E-state index in [2.05, 4.69) is 0 Å². The van der Waals surface area contributed by atoms with Crippen LogP contribution in [0.25, 0.3) is 0 Å². The lowest BCUT2D eigenvalue weighted by molar-refractivity contribution is -0.0737. The summed E-state index contributed by atoms with van der Waals surface area (Å²) < 4.78 is 10.8. The van der Waals surface area contributed by atoms with Crippen molar-refractivity contribution < 1.29 is 14.6 Å². The van der Waals surface area contributed by atoms with Gasteiger partial charge in [-0.05, 0) is 12.5 Å². The zero-order valence-corrected chi connectivity index (χ0v) is 8.85. The van der Waals surface area contributed by atoms with E-state index < -0.39 is 5.60 Å². The van der Waals surface area contributed by atoms with E-state index in [9.17, 15) is 5.11 Å². The van der Waals surface area contributed by atoms with Crippen molar-refractivity contribution in [3.63, 3.8) is 0 Å². The highest BCUT2D eigenvalue weighted by Crippen LogP contribution is 2.22. The molecule has 0 aromatic heterocycles. The van der Waals surface area contributed by atoms with Gasteiger partial charge < -0.3 is 14.6 Å². The molecule has 2 rings (SSSR count). The highest BCUT2D eigenvalue weighted by Gasteiger charge is 2.38. The third-order valence-corrected chi connectivity index (χ3v) is 2.65. The van der Waals surface area contributed by atoms with Crippen molar-refractivity contribution in [1.82, 2.24) is 0 Å². The molecular formula is C12H16O3. The molecule has 2 atom stereocenters. The molecule has 1 heterocycles. The number of ether oxygens (including phenoxy) is 2. The van der Waals surface area contributed by atoms with Gasteiger partial charge in [0.2, 0.25) is 0 Å². The number of rotatable bonds is 3. The first-order valence-electron chi connectivity index (χ1n) is 5.14. The first-order valence-corrected chi connectivity index (χ1v) is 5.14. The van der Waals surface area contributed by atoms with Crippen LogP contribution in [0.15, 0.2) is 30.3 Å². The number of hydrogen-bond acceptors (Lipinski definition) is 3. The molecule has 1 aliphatic heterocycles. The molecule has 2 unspecified atom stereocenters. The van der Waals surface area contributed by atoms with Crippen molar-refractivity contribution in [2.75, 3.05) is 13.2 Å². The summed E-state index contributed by atoms with van der Waals surface area (Å²) in [5.74, 6) is 0. The van der Waals surface area contributed by atoms with Gasteiger partial charge in [-0.15, -0.1) is 0 Å². The largest absolute Gasteiger partial charge is 0.385 e. The molecule has 1 aliphatic rings. The Balaban J connectivity index is 1.89. The van der Waals surface area contributed by atoms with Gasteiger partial charge in [0.15, 0.2) is 0 Å². The van der Waals surface area contributed by atoms with Crippen molar-refractivity contribution in [1.29, 1.82) is 0 Å². The van der Waals surface area contributed by atoms with Gasteiger partial charge in [-0.2, -0.15) is 0 Å². The van der Waals surface area contributed by atoms with Gasteiger partial charge in [0.25, 0.3) is 0 Å². The Morgan fingerprint density at radius 2 is 2.20 bits per heavy atom. The molecule has 0 aliphatic carbocycles. The fraction of sp³-hybridized carbons (Fsp3) is 0.500. The molecule has 1 fully saturated rings. The predicted octanol–water partition coefficient (Wildman–Crippen LogP) is 1.35. The van der Waals surface area contributed by atoms with Crippen LogP contribution in [0.1, 0.15) is 12.5 Å². The van der Waals surface area contributed by atoms with Crippen molar-refractivity contribution in [3.8, 4) is 0 Å². The second-order valence-corrected chi connectivity index (χ2v) is 4.16. The maximum Gasteiger partial charge on any atom is 0.113 e. The van der Waals surface area contributed by atoms with Crippen LogP contribution < -0.4 is 0 Å². The lowest BCUT2D eigenvalue weighted by Gasteiger charge is -2.23. The van der Waals surface area contributed by atoms with Gasteiger partial charge in [0.05, 0.1) is 19.8 Å². The van der Waals surface area contributed by atoms with E-state index in [0.29, 0.717) is 19.8 Å². The smallest absolute Gasteiger partial charge is 0.113 e. The Morgan fingerprint density at radius 1 is 1.47 bits per heavy atom. The molecule has 3 nitrogen and oxygen atoms in total. The molecule has 15 heavy (non-hydrogen) atoms. The Kier molecular flexibility index (Phi) is 3.05. The summed E-state index contributed by atoms with van der Waals surface area (Å²) in [7, 11) is 0. The fourth-order valence-electron chi connectivity index (χ4n) is 1.64. The van der Waals surface area contributed by atoms with Gasteiger partial charge in [-0.25, -0.2) is 0 Å². The molecule has 1 saturated heterocycles. The summed E-state index contributed by atoms with van der Waals surface area (Å²) in [6.45, 7) is 3.09. The maximum absolute atomic E-state index is 9.88. The van der Waals surface area contributed by atoms with Crippen LogP contribution >= 0.6 is 0 Å². The quantitative estimate of drug-likeness (QED) is 0.815. The number of benzene rings is 1. The summed E-state index contributed by atoms with van der Waals surface area (Å²) in [6, 6.07) is 9.93. The van der Waals surface area contributed by atoms with E-state index >= 15 is 0 Å². The summed E-state index contributed by atoms with van der Waals surface area (Å²) in [4.78, 5) is 0. The normalized spacial score (nSPS) is 30.7. The minimum Gasteiger partial charge on any atom is -0.385 e. The van der Waals surface area contributed by atoms with Crippen molar-refractivity contribution in [2.24, 2.45) is 0 Å². The van der Waals surface area contributed by atoms with Gasteiger partial charge in [-0.1, -0.05) is 30.3 Å². The third kappa shape index (κ3) is 2.56. The standard InChI is InChI=1S/C12H16O3/c1-12(13)9-14-8-11(12)15-7-10-5-3-2-4-6-10/h2-6,11,13H,7-9H2,1H3. The van der Waals surface area contributed by atoms with Crippen LogP contribution in [0.2, 0.25) is 0 Å². The van der Waals surface area contributed by atoms with Gasteiger partial charge in [-0.3, -0.25) is 0 Å². The van der Waals surface area contributed by atoms with Crippen LogP contribution in [-0.4, -0.2) is 30.0 Å². The van der Waals surface area contributed by atoms with E-state index in [-0.39, 0.29) is 6.10 Å². The fourth-order valence-corrected chi connectivity index (χ4v) is 1.64.